The molecule has 21 heavy (non-hydrogen) atoms. The molecule has 0 rings (SSSR count). The molecule has 0 aromatic carbocycles. The van der Waals surface area contributed by atoms with Crippen molar-refractivity contribution in [3.8, 4) is 24.3 Å². The van der Waals surface area contributed by atoms with Crippen LogP contribution in [0.15, 0.2) is 24.3 Å². The lowest BCUT2D eigenvalue weighted by Crippen LogP contribution is -2.11. The van der Waals surface area contributed by atoms with E-state index in [1.165, 1.54) is 31.4 Å². The molecule has 0 bridgehead atoms. The fourth-order valence-corrected chi connectivity index (χ4v) is 6.15. The molecule has 0 aliphatic rings. The summed E-state index contributed by atoms with van der Waals surface area (Å²) in [6, 6.07) is 7.88. The van der Waals surface area contributed by atoms with Gasteiger partial charge < -0.3 is 0 Å². The van der Waals surface area contributed by atoms with E-state index in [1.807, 2.05) is 50.3 Å². The second-order valence-corrected chi connectivity index (χ2v) is 8.11. The molecule has 0 aromatic rings. The fraction of sp³-hybridized carbons (Fsp3) is 0.429. The maximum atomic E-state index is 8.95. The monoisotopic (exact) mass is 334 g/mol. The minimum Gasteiger partial charge on any atom is -0.197 e. The number of nitriles is 4. The zero-order valence-electron chi connectivity index (χ0n) is 11.6. The summed E-state index contributed by atoms with van der Waals surface area (Å²) in [6.45, 7) is 3.67. The standard InChI is InChI=1S/C14H14N4S3/c1-3-5-13(11(7-15)8-16)19-21-20-14(6-4-2)12(9-17)10-18/h3-6,11-14H,1-2H3/b5-3-,6-4-. The Kier molecular flexibility index (Phi) is 11.4. The first-order chi connectivity index (χ1) is 10.2. The van der Waals surface area contributed by atoms with Gasteiger partial charge in [0.2, 0.25) is 0 Å². The van der Waals surface area contributed by atoms with E-state index in [2.05, 4.69) is 0 Å². The third-order valence-corrected chi connectivity index (χ3v) is 6.96. The van der Waals surface area contributed by atoms with E-state index in [0.717, 1.165) is 0 Å². The van der Waals surface area contributed by atoms with Crippen LogP contribution in [0.1, 0.15) is 13.8 Å². The van der Waals surface area contributed by atoms with Crippen molar-refractivity contribution >= 4 is 31.4 Å². The summed E-state index contributed by atoms with van der Waals surface area (Å²) in [5.41, 5.74) is 0. The second-order valence-electron chi connectivity index (χ2n) is 3.71. The molecule has 0 saturated heterocycles. The zero-order chi connectivity index (χ0) is 16.1. The van der Waals surface area contributed by atoms with E-state index in [4.69, 9.17) is 21.0 Å². The Labute approximate surface area is 137 Å². The molecule has 0 aliphatic carbocycles. The van der Waals surface area contributed by atoms with Gasteiger partial charge in [0, 0.05) is 0 Å². The van der Waals surface area contributed by atoms with Crippen LogP contribution in [0.5, 0.6) is 0 Å². The highest BCUT2D eigenvalue weighted by Crippen LogP contribution is 2.44. The summed E-state index contributed by atoms with van der Waals surface area (Å²) in [7, 11) is 4.18. The summed E-state index contributed by atoms with van der Waals surface area (Å²) in [6.07, 6.45) is 7.24. The Bertz CT molecular complexity index is 454. The van der Waals surface area contributed by atoms with Gasteiger partial charge in [-0.3, -0.25) is 0 Å². The molecule has 0 aromatic heterocycles. The predicted molar refractivity (Wildman–Crippen MR) is 89.4 cm³/mol. The second kappa shape index (κ2) is 12.2. The summed E-state index contributed by atoms with van der Waals surface area (Å²) < 4.78 is 0. The Morgan fingerprint density at radius 3 is 1.29 bits per heavy atom. The van der Waals surface area contributed by atoms with Gasteiger partial charge >= 0.3 is 0 Å². The van der Waals surface area contributed by atoms with E-state index in [0.29, 0.717) is 0 Å². The molecule has 0 N–H and O–H groups in total. The Hall–Kier alpha value is -1.51. The van der Waals surface area contributed by atoms with Gasteiger partial charge in [-0.05, 0) is 23.7 Å². The number of hydrogen-bond acceptors (Lipinski definition) is 7. The normalized spacial score (nSPS) is 13.7. The molecular weight excluding hydrogens is 320 g/mol. The Morgan fingerprint density at radius 1 is 0.714 bits per heavy atom. The van der Waals surface area contributed by atoms with E-state index < -0.39 is 11.8 Å². The average Bonchev–Trinajstić information content (AvgIpc) is 2.49. The van der Waals surface area contributed by atoms with Crippen LogP contribution in [0.2, 0.25) is 0 Å². The van der Waals surface area contributed by atoms with Crippen molar-refractivity contribution < 1.29 is 0 Å². The minimum absolute atomic E-state index is 0.239. The zero-order valence-corrected chi connectivity index (χ0v) is 14.1. The molecular formula is C14H14N4S3. The SMILES string of the molecule is C/C=C\C(SSSC(/C=C\C)C(C#N)C#N)C(C#N)C#N. The largest absolute Gasteiger partial charge is 0.197 e. The number of nitrogens with zero attached hydrogens (tertiary/aromatic N) is 4. The molecule has 0 aliphatic heterocycles. The molecule has 108 valence electrons. The topological polar surface area (TPSA) is 95.2 Å². The molecule has 4 nitrogen and oxygen atoms in total. The fourth-order valence-electron chi connectivity index (χ4n) is 1.24. The van der Waals surface area contributed by atoms with Gasteiger partial charge in [0.1, 0.15) is 11.8 Å². The van der Waals surface area contributed by atoms with Gasteiger partial charge in [-0.1, -0.05) is 45.9 Å². The van der Waals surface area contributed by atoms with Crippen LogP contribution in [0.4, 0.5) is 0 Å². The molecule has 0 saturated carbocycles. The van der Waals surface area contributed by atoms with Crippen molar-refractivity contribution in [1.82, 2.24) is 0 Å². The summed E-state index contributed by atoms with van der Waals surface area (Å²) in [5, 5.41) is 35.3. The highest BCUT2D eigenvalue weighted by molar-refractivity contribution is 9.09. The molecule has 2 unspecified atom stereocenters. The lowest BCUT2D eigenvalue weighted by Gasteiger charge is -2.14. The third-order valence-electron chi connectivity index (χ3n) is 2.28. The Morgan fingerprint density at radius 2 is 1.05 bits per heavy atom. The number of allylic oxidation sites excluding steroid dienone is 2. The molecule has 7 heteroatoms. The first kappa shape index (κ1) is 19.5. The summed E-state index contributed by atoms with van der Waals surface area (Å²) >= 11 is 0. The summed E-state index contributed by atoms with van der Waals surface area (Å²) in [5.74, 6) is -1.44. The first-order valence-corrected chi connectivity index (χ1v) is 9.62. The molecule has 0 radical (unpaired) electrons. The Balaban J connectivity index is 4.69. The highest BCUT2D eigenvalue weighted by atomic mass is 33.5. The van der Waals surface area contributed by atoms with Gasteiger partial charge in [-0.2, -0.15) is 21.0 Å². The number of rotatable bonds is 8. The van der Waals surface area contributed by atoms with Crippen LogP contribution in [-0.4, -0.2) is 10.5 Å². The average molecular weight is 334 g/mol. The minimum atomic E-state index is -0.720. The number of hydrogen-bond donors (Lipinski definition) is 0. The van der Waals surface area contributed by atoms with Gasteiger partial charge in [0.25, 0.3) is 0 Å². The van der Waals surface area contributed by atoms with Crippen molar-refractivity contribution in [3.05, 3.63) is 24.3 Å². The van der Waals surface area contributed by atoms with Crippen LogP contribution in [-0.2, 0) is 0 Å². The lowest BCUT2D eigenvalue weighted by atomic mass is 10.1. The lowest BCUT2D eigenvalue weighted by molar-refractivity contribution is 0.883. The van der Waals surface area contributed by atoms with Gasteiger partial charge in [0.15, 0.2) is 0 Å². The maximum Gasteiger partial charge on any atom is 0.149 e. The predicted octanol–water partition coefficient (Wildman–Crippen LogP) is 4.23. The van der Waals surface area contributed by atoms with Gasteiger partial charge in [0.05, 0.1) is 34.8 Å². The van der Waals surface area contributed by atoms with Crippen molar-refractivity contribution in [2.45, 2.75) is 24.3 Å². The van der Waals surface area contributed by atoms with Crippen molar-refractivity contribution in [2.24, 2.45) is 11.8 Å². The van der Waals surface area contributed by atoms with E-state index >= 15 is 0 Å². The van der Waals surface area contributed by atoms with Gasteiger partial charge in [-0.15, -0.1) is 0 Å². The summed E-state index contributed by atoms with van der Waals surface area (Å²) in [4.78, 5) is 0. The van der Waals surface area contributed by atoms with Crippen molar-refractivity contribution in [2.75, 3.05) is 0 Å². The van der Waals surface area contributed by atoms with Crippen LogP contribution in [0.25, 0.3) is 0 Å². The van der Waals surface area contributed by atoms with Crippen LogP contribution < -0.4 is 0 Å². The third kappa shape index (κ3) is 7.16. The van der Waals surface area contributed by atoms with Crippen molar-refractivity contribution in [1.29, 1.82) is 21.0 Å². The van der Waals surface area contributed by atoms with E-state index in [9.17, 15) is 0 Å². The van der Waals surface area contributed by atoms with Crippen LogP contribution in [0, 0.1) is 57.2 Å². The highest BCUT2D eigenvalue weighted by Gasteiger charge is 2.23. The molecule has 0 fully saturated rings. The smallest absolute Gasteiger partial charge is 0.149 e. The molecule has 2 atom stereocenters. The molecule has 0 amide bonds. The van der Waals surface area contributed by atoms with Crippen LogP contribution in [0.3, 0.4) is 0 Å². The van der Waals surface area contributed by atoms with E-state index in [1.54, 1.807) is 12.2 Å². The maximum absolute atomic E-state index is 8.95. The molecule has 0 heterocycles. The van der Waals surface area contributed by atoms with E-state index in [-0.39, 0.29) is 10.5 Å². The van der Waals surface area contributed by atoms with Crippen molar-refractivity contribution in [3.63, 3.8) is 0 Å². The molecule has 0 spiro atoms. The quantitative estimate of drug-likeness (QED) is 0.484. The first-order valence-electron chi connectivity index (χ1n) is 6.01. The van der Waals surface area contributed by atoms with Crippen LogP contribution >= 0.6 is 31.4 Å². The van der Waals surface area contributed by atoms with Gasteiger partial charge in [-0.25, -0.2) is 0 Å².